The molecule has 6 heteroatoms. The number of benzene rings is 2. The standard InChI is InChI=1S/C18H15N3O2S/c1-12-14(17(22)20-13-6-3-2-4-7-13)8-5-9-15(12)21-18(23)16-10-24-11-19-16/h2-11H,1H3,(H,20,22)(H,21,23). The average Bonchev–Trinajstić information content (AvgIpc) is 3.12. The van der Waals surface area contributed by atoms with E-state index in [0.717, 1.165) is 5.69 Å². The van der Waals surface area contributed by atoms with Gasteiger partial charge in [-0.1, -0.05) is 24.3 Å². The maximum atomic E-state index is 12.5. The number of rotatable bonds is 4. The third kappa shape index (κ3) is 3.49. The number of aromatic nitrogens is 1. The van der Waals surface area contributed by atoms with Crippen LogP contribution in [0.1, 0.15) is 26.4 Å². The first-order valence-corrected chi connectivity index (χ1v) is 8.25. The van der Waals surface area contributed by atoms with Gasteiger partial charge in [-0.3, -0.25) is 9.59 Å². The fraction of sp³-hybridized carbons (Fsp3) is 0.0556. The second-order valence-corrected chi connectivity index (χ2v) is 5.84. The molecule has 1 heterocycles. The van der Waals surface area contributed by atoms with Crippen molar-refractivity contribution in [2.45, 2.75) is 6.92 Å². The molecule has 2 amide bonds. The molecule has 0 bridgehead atoms. The van der Waals surface area contributed by atoms with Gasteiger partial charge in [-0.15, -0.1) is 11.3 Å². The van der Waals surface area contributed by atoms with Gasteiger partial charge < -0.3 is 10.6 Å². The summed E-state index contributed by atoms with van der Waals surface area (Å²) >= 11 is 1.36. The lowest BCUT2D eigenvalue weighted by Crippen LogP contribution is -2.17. The summed E-state index contributed by atoms with van der Waals surface area (Å²) in [5, 5.41) is 7.32. The van der Waals surface area contributed by atoms with Gasteiger partial charge in [0, 0.05) is 22.3 Å². The predicted molar refractivity (Wildman–Crippen MR) is 95.6 cm³/mol. The van der Waals surface area contributed by atoms with Crippen molar-refractivity contribution < 1.29 is 9.59 Å². The van der Waals surface area contributed by atoms with Gasteiger partial charge >= 0.3 is 0 Å². The van der Waals surface area contributed by atoms with Crippen molar-refractivity contribution in [2.75, 3.05) is 10.6 Å². The van der Waals surface area contributed by atoms with Crippen molar-refractivity contribution in [3.8, 4) is 0 Å². The molecule has 2 N–H and O–H groups in total. The van der Waals surface area contributed by atoms with Crippen molar-refractivity contribution >= 4 is 34.5 Å². The van der Waals surface area contributed by atoms with E-state index in [0.29, 0.717) is 22.5 Å². The summed E-state index contributed by atoms with van der Waals surface area (Å²) in [6, 6.07) is 14.5. The molecule has 120 valence electrons. The van der Waals surface area contributed by atoms with Crippen LogP contribution in [-0.2, 0) is 0 Å². The average molecular weight is 337 g/mol. The topological polar surface area (TPSA) is 71.1 Å². The number of carbonyl (C=O) groups is 2. The summed E-state index contributed by atoms with van der Waals surface area (Å²) in [7, 11) is 0. The first-order valence-electron chi connectivity index (χ1n) is 7.30. The Morgan fingerprint density at radius 3 is 2.46 bits per heavy atom. The minimum atomic E-state index is -0.292. The fourth-order valence-corrected chi connectivity index (χ4v) is 2.78. The second-order valence-electron chi connectivity index (χ2n) is 5.13. The van der Waals surface area contributed by atoms with Crippen LogP contribution < -0.4 is 10.6 Å². The zero-order valence-corrected chi connectivity index (χ0v) is 13.8. The van der Waals surface area contributed by atoms with Crippen LogP contribution in [0, 0.1) is 6.92 Å². The summed E-state index contributed by atoms with van der Waals surface area (Å²) in [4.78, 5) is 28.6. The molecule has 3 aromatic rings. The number of thiazole rings is 1. The molecule has 5 nitrogen and oxygen atoms in total. The summed E-state index contributed by atoms with van der Waals surface area (Å²) in [6.07, 6.45) is 0. The van der Waals surface area contributed by atoms with E-state index in [-0.39, 0.29) is 11.8 Å². The minimum Gasteiger partial charge on any atom is -0.322 e. The smallest absolute Gasteiger partial charge is 0.275 e. The Morgan fingerprint density at radius 1 is 0.958 bits per heavy atom. The summed E-state index contributed by atoms with van der Waals surface area (Å²) in [5.74, 6) is -0.511. The van der Waals surface area contributed by atoms with Gasteiger partial charge in [-0.05, 0) is 36.8 Å². The molecule has 0 aliphatic heterocycles. The Bertz CT molecular complexity index is 861. The number of nitrogens with one attached hydrogen (secondary N) is 2. The highest BCUT2D eigenvalue weighted by Crippen LogP contribution is 2.21. The van der Waals surface area contributed by atoms with Crippen LogP contribution in [-0.4, -0.2) is 16.8 Å². The molecule has 0 saturated heterocycles. The summed E-state index contributed by atoms with van der Waals surface area (Å²) < 4.78 is 0. The molecule has 1 aromatic heterocycles. The molecule has 0 saturated carbocycles. The van der Waals surface area contributed by atoms with Crippen molar-refractivity contribution in [1.29, 1.82) is 0 Å². The molecule has 24 heavy (non-hydrogen) atoms. The van der Waals surface area contributed by atoms with Crippen LogP contribution in [0.3, 0.4) is 0 Å². The molecular weight excluding hydrogens is 322 g/mol. The third-order valence-corrected chi connectivity index (χ3v) is 4.11. The van der Waals surface area contributed by atoms with Crippen LogP contribution in [0.2, 0.25) is 0 Å². The van der Waals surface area contributed by atoms with Crippen LogP contribution in [0.15, 0.2) is 59.4 Å². The molecule has 2 aromatic carbocycles. The van der Waals surface area contributed by atoms with Gasteiger partial charge in [0.1, 0.15) is 5.69 Å². The van der Waals surface area contributed by atoms with Gasteiger partial charge in [-0.25, -0.2) is 4.98 Å². The Labute approximate surface area is 143 Å². The number of amides is 2. The Morgan fingerprint density at radius 2 is 1.75 bits per heavy atom. The lowest BCUT2D eigenvalue weighted by molar-refractivity contribution is 0.101. The zero-order chi connectivity index (χ0) is 16.9. The van der Waals surface area contributed by atoms with Crippen LogP contribution in [0.4, 0.5) is 11.4 Å². The summed E-state index contributed by atoms with van der Waals surface area (Å²) in [5.41, 5.74) is 4.49. The van der Waals surface area contributed by atoms with Crippen molar-refractivity contribution in [2.24, 2.45) is 0 Å². The largest absolute Gasteiger partial charge is 0.322 e. The van der Waals surface area contributed by atoms with Crippen molar-refractivity contribution in [1.82, 2.24) is 4.98 Å². The van der Waals surface area contributed by atoms with E-state index in [1.807, 2.05) is 30.3 Å². The Balaban J connectivity index is 1.80. The van der Waals surface area contributed by atoms with Gasteiger partial charge in [0.25, 0.3) is 11.8 Å². The summed E-state index contributed by atoms with van der Waals surface area (Å²) in [6.45, 7) is 1.80. The van der Waals surface area contributed by atoms with Crippen LogP contribution in [0.25, 0.3) is 0 Å². The third-order valence-electron chi connectivity index (χ3n) is 3.52. The zero-order valence-electron chi connectivity index (χ0n) is 12.9. The van der Waals surface area contributed by atoms with E-state index in [9.17, 15) is 9.59 Å². The first kappa shape index (κ1) is 15.9. The molecule has 3 rings (SSSR count). The highest BCUT2D eigenvalue weighted by Gasteiger charge is 2.14. The van der Waals surface area contributed by atoms with E-state index in [1.54, 1.807) is 36.0 Å². The van der Waals surface area contributed by atoms with Crippen LogP contribution >= 0.6 is 11.3 Å². The highest BCUT2D eigenvalue weighted by atomic mass is 32.1. The van der Waals surface area contributed by atoms with Crippen LogP contribution in [0.5, 0.6) is 0 Å². The van der Waals surface area contributed by atoms with Gasteiger partial charge in [-0.2, -0.15) is 0 Å². The van der Waals surface area contributed by atoms with E-state index in [4.69, 9.17) is 0 Å². The van der Waals surface area contributed by atoms with Gasteiger partial charge in [0.15, 0.2) is 0 Å². The number of hydrogen-bond acceptors (Lipinski definition) is 4. The van der Waals surface area contributed by atoms with E-state index in [2.05, 4.69) is 15.6 Å². The lowest BCUT2D eigenvalue weighted by Gasteiger charge is -2.12. The SMILES string of the molecule is Cc1c(NC(=O)c2cscn2)cccc1C(=O)Nc1ccccc1. The quantitative estimate of drug-likeness (QED) is 0.757. The molecule has 0 aliphatic carbocycles. The molecule has 0 spiro atoms. The maximum absolute atomic E-state index is 12.5. The number of hydrogen-bond donors (Lipinski definition) is 2. The van der Waals surface area contributed by atoms with E-state index >= 15 is 0 Å². The molecule has 0 unspecified atom stereocenters. The monoisotopic (exact) mass is 337 g/mol. The molecule has 0 atom stereocenters. The Hall–Kier alpha value is -2.99. The van der Waals surface area contributed by atoms with Gasteiger partial charge in [0.2, 0.25) is 0 Å². The van der Waals surface area contributed by atoms with Crippen molar-refractivity contribution in [3.05, 3.63) is 76.2 Å². The number of carbonyl (C=O) groups excluding carboxylic acids is 2. The molecule has 0 fully saturated rings. The van der Waals surface area contributed by atoms with Gasteiger partial charge in [0.05, 0.1) is 5.51 Å². The number of para-hydroxylation sites is 1. The number of anilines is 2. The molecule has 0 radical (unpaired) electrons. The van der Waals surface area contributed by atoms with E-state index < -0.39 is 0 Å². The Kier molecular flexibility index (Phi) is 4.67. The predicted octanol–water partition coefficient (Wildman–Crippen LogP) is 3.96. The highest BCUT2D eigenvalue weighted by molar-refractivity contribution is 7.07. The maximum Gasteiger partial charge on any atom is 0.275 e. The number of nitrogens with zero attached hydrogens (tertiary/aromatic N) is 1. The minimum absolute atomic E-state index is 0.219. The normalized spacial score (nSPS) is 10.2. The fourth-order valence-electron chi connectivity index (χ4n) is 2.25. The second kappa shape index (κ2) is 7.06. The first-order chi connectivity index (χ1) is 11.6. The van der Waals surface area contributed by atoms with Crippen molar-refractivity contribution in [3.63, 3.8) is 0 Å². The van der Waals surface area contributed by atoms with E-state index in [1.165, 1.54) is 11.3 Å². The molecular formula is C18H15N3O2S. The molecule has 0 aliphatic rings. The lowest BCUT2D eigenvalue weighted by atomic mass is 10.1.